The van der Waals surface area contributed by atoms with Crippen LogP contribution in [-0.4, -0.2) is 22.4 Å². The molecule has 0 saturated carbocycles. The molecule has 1 amide bonds. The van der Waals surface area contributed by atoms with Gasteiger partial charge in [0.1, 0.15) is 11.5 Å². The van der Waals surface area contributed by atoms with Gasteiger partial charge in [0.2, 0.25) is 5.91 Å². The summed E-state index contributed by atoms with van der Waals surface area (Å²) < 4.78 is 41.0. The number of benzene rings is 2. The Kier molecular flexibility index (Phi) is 4.49. The second kappa shape index (κ2) is 6.60. The number of carbonyl (C=O) groups excluding carboxylic acids is 1. The van der Waals surface area contributed by atoms with Gasteiger partial charge in [-0.05, 0) is 18.2 Å². The first-order valence-corrected chi connectivity index (χ1v) is 7.85. The minimum atomic E-state index is -4.77. The van der Waals surface area contributed by atoms with Crippen LogP contribution in [0.4, 0.5) is 18.3 Å². The van der Waals surface area contributed by atoms with E-state index in [0.717, 1.165) is 17.4 Å². The van der Waals surface area contributed by atoms with E-state index in [-0.39, 0.29) is 23.1 Å². The maximum atomic E-state index is 12.2. The Hall–Kier alpha value is -2.81. The first kappa shape index (κ1) is 17.0. The molecule has 0 spiro atoms. The van der Waals surface area contributed by atoms with Gasteiger partial charge >= 0.3 is 6.36 Å². The number of hydrogen-bond acceptors (Lipinski definition) is 5. The number of ether oxygens (including phenoxy) is 1. The fraction of sp³-hybridized carbons (Fsp3) is 0.125. The summed E-state index contributed by atoms with van der Waals surface area (Å²) in [6.45, 7) is 0. The maximum absolute atomic E-state index is 12.2. The Morgan fingerprint density at radius 1 is 1.24 bits per heavy atom. The first-order valence-electron chi connectivity index (χ1n) is 7.03. The summed E-state index contributed by atoms with van der Waals surface area (Å²) in [6.07, 6.45) is -4.82. The quantitative estimate of drug-likeness (QED) is 0.728. The van der Waals surface area contributed by atoms with Gasteiger partial charge in [-0.1, -0.05) is 29.5 Å². The number of aromatic hydroxyl groups is 1. The number of phenols is 1. The fourth-order valence-corrected chi connectivity index (χ4v) is 3.06. The predicted octanol–water partition coefficient (Wildman–Crippen LogP) is 4.08. The van der Waals surface area contributed by atoms with E-state index in [0.29, 0.717) is 15.8 Å². The molecule has 3 rings (SSSR count). The van der Waals surface area contributed by atoms with Crippen LogP contribution in [0.15, 0.2) is 42.5 Å². The summed E-state index contributed by atoms with van der Waals surface area (Å²) in [7, 11) is 0. The molecule has 0 aliphatic rings. The van der Waals surface area contributed by atoms with Gasteiger partial charge in [-0.2, -0.15) is 0 Å². The van der Waals surface area contributed by atoms with Crippen molar-refractivity contribution in [1.82, 2.24) is 4.98 Å². The Morgan fingerprint density at radius 2 is 2.00 bits per heavy atom. The smallest absolute Gasteiger partial charge is 0.508 e. The Balaban J connectivity index is 1.73. The molecule has 1 aromatic heterocycles. The van der Waals surface area contributed by atoms with Crippen LogP contribution in [0.1, 0.15) is 5.56 Å². The average molecular weight is 368 g/mol. The molecule has 9 heteroatoms. The van der Waals surface area contributed by atoms with Gasteiger partial charge in [-0.25, -0.2) is 4.98 Å². The Morgan fingerprint density at radius 3 is 2.72 bits per heavy atom. The van der Waals surface area contributed by atoms with Crippen molar-refractivity contribution in [1.29, 1.82) is 0 Å². The molecule has 3 aromatic rings. The van der Waals surface area contributed by atoms with Gasteiger partial charge in [0, 0.05) is 11.6 Å². The van der Waals surface area contributed by atoms with Gasteiger partial charge in [0.15, 0.2) is 5.13 Å². The normalized spacial score (nSPS) is 11.5. The number of fused-ring (bicyclic) bond motifs is 1. The summed E-state index contributed by atoms with van der Waals surface area (Å²) in [5.41, 5.74) is 0.902. The summed E-state index contributed by atoms with van der Waals surface area (Å²) in [4.78, 5) is 16.2. The lowest BCUT2D eigenvalue weighted by Gasteiger charge is -2.07. The van der Waals surface area contributed by atoms with Gasteiger partial charge in [-0.3, -0.25) is 4.79 Å². The van der Waals surface area contributed by atoms with Gasteiger partial charge in [0.05, 0.1) is 16.6 Å². The molecule has 0 unspecified atom stereocenters. The number of thiazole rings is 1. The van der Waals surface area contributed by atoms with Crippen LogP contribution in [0.3, 0.4) is 0 Å². The van der Waals surface area contributed by atoms with Crippen LogP contribution in [0.2, 0.25) is 0 Å². The molecular weight excluding hydrogens is 357 g/mol. The molecule has 0 aliphatic carbocycles. The highest BCUT2D eigenvalue weighted by Crippen LogP contribution is 2.31. The van der Waals surface area contributed by atoms with Crippen LogP contribution in [0.5, 0.6) is 11.5 Å². The lowest BCUT2D eigenvalue weighted by atomic mass is 10.1. The molecule has 2 aromatic carbocycles. The molecule has 0 bridgehead atoms. The maximum Gasteiger partial charge on any atom is 0.573 e. The molecule has 130 valence electrons. The predicted molar refractivity (Wildman–Crippen MR) is 86.7 cm³/mol. The zero-order valence-electron chi connectivity index (χ0n) is 12.5. The third-order valence-electron chi connectivity index (χ3n) is 3.18. The lowest BCUT2D eigenvalue weighted by Crippen LogP contribution is -2.16. The monoisotopic (exact) mass is 368 g/mol. The van der Waals surface area contributed by atoms with Crippen LogP contribution < -0.4 is 10.1 Å². The fourth-order valence-electron chi connectivity index (χ4n) is 2.15. The Labute approximate surface area is 143 Å². The molecule has 0 saturated heterocycles. The number of nitrogens with one attached hydrogen (secondary N) is 1. The molecule has 2 N–H and O–H groups in total. The van der Waals surface area contributed by atoms with Crippen molar-refractivity contribution in [2.45, 2.75) is 12.8 Å². The van der Waals surface area contributed by atoms with Crippen LogP contribution in [0, 0.1) is 0 Å². The van der Waals surface area contributed by atoms with Crippen LogP contribution >= 0.6 is 11.3 Å². The number of para-hydroxylation sites is 1. The third-order valence-corrected chi connectivity index (χ3v) is 4.12. The molecule has 0 fully saturated rings. The number of hydrogen-bond donors (Lipinski definition) is 2. The molecule has 0 aliphatic heterocycles. The Bertz CT molecular complexity index is 924. The lowest BCUT2D eigenvalue weighted by molar-refractivity contribution is -0.274. The molecule has 0 radical (unpaired) electrons. The number of aromatic nitrogens is 1. The summed E-state index contributed by atoms with van der Waals surface area (Å²) in [6, 6.07) is 10.2. The zero-order valence-corrected chi connectivity index (χ0v) is 13.3. The number of carbonyl (C=O) groups is 1. The second-order valence-electron chi connectivity index (χ2n) is 5.05. The largest absolute Gasteiger partial charge is 0.573 e. The van der Waals surface area contributed by atoms with Crippen molar-refractivity contribution in [2.24, 2.45) is 0 Å². The molecular formula is C16H11F3N2O3S. The van der Waals surface area contributed by atoms with E-state index >= 15 is 0 Å². The highest BCUT2D eigenvalue weighted by atomic mass is 32.1. The standard InChI is InChI=1S/C16H11F3N2O3S/c17-16(18,19)24-10-5-6-11-13(8-10)25-15(20-11)21-14(23)7-9-3-1-2-4-12(9)22/h1-6,8,22H,7H2,(H,20,21,23). The van der Waals surface area contributed by atoms with E-state index in [1.807, 2.05) is 0 Å². The van der Waals surface area contributed by atoms with Crippen LogP contribution in [-0.2, 0) is 11.2 Å². The second-order valence-corrected chi connectivity index (χ2v) is 6.08. The van der Waals surface area contributed by atoms with E-state index in [4.69, 9.17) is 0 Å². The highest BCUT2D eigenvalue weighted by molar-refractivity contribution is 7.22. The van der Waals surface area contributed by atoms with E-state index in [1.165, 1.54) is 18.2 Å². The van der Waals surface area contributed by atoms with Crippen molar-refractivity contribution >= 4 is 32.6 Å². The number of nitrogens with zero attached hydrogens (tertiary/aromatic N) is 1. The van der Waals surface area contributed by atoms with E-state index in [9.17, 15) is 23.1 Å². The summed E-state index contributed by atoms with van der Waals surface area (Å²) >= 11 is 1.03. The van der Waals surface area contributed by atoms with Crippen LogP contribution in [0.25, 0.3) is 10.2 Å². The number of rotatable bonds is 4. The van der Waals surface area contributed by atoms with Gasteiger partial charge in [0.25, 0.3) is 0 Å². The van der Waals surface area contributed by atoms with Gasteiger partial charge < -0.3 is 15.2 Å². The minimum absolute atomic E-state index is 0.0101. The number of alkyl halides is 3. The average Bonchev–Trinajstić information content (AvgIpc) is 2.89. The number of anilines is 1. The molecule has 5 nitrogen and oxygen atoms in total. The molecule has 1 heterocycles. The van der Waals surface area contributed by atoms with E-state index < -0.39 is 12.3 Å². The zero-order chi connectivity index (χ0) is 18.0. The summed E-state index contributed by atoms with van der Waals surface area (Å²) in [5, 5.41) is 12.5. The highest BCUT2D eigenvalue weighted by Gasteiger charge is 2.31. The van der Waals surface area contributed by atoms with Gasteiger partial charge in [-0.15, -0.1) is 13.2 Å². The molecule has 25 heavy (non-hydrogen) atoms. The first-order chi connectivity index (χ1) is 11.8. The number of phenolic OH excluding ortho intramolecular Hbond substituents is 1. The van der Waals surface area contributed by atoms with Crippen molar-refractivity contribution in [3.63, 3.8) is 0 Å². The number of halogens is 3. The van der Waals surface area contributed by atoms with E-state index in [1.54, 1.807) is 18.2 Å². The molecule has 0 atom stereocenters. The SMILES string of the molecule is O=C(Cc1ccccc1O)Nc1nc2ccc(OC(F)(F)F)cc2s1. The number of amides is 1. The third kappa shape index (κ3) is 4.38. The van der Waals surface area contributed by atoms with Crippen molar-refractivity contribution in [3.8, 4) is 11.5 Å². The van der Waals surface area contributed by atoms with Crippen molar-refractivity contribution in [3.05, 3.63) is 48.0 Å². The van der Waals surface area contributed by atoms with E-state index in [2.05, 4.69) is 15.0 Å². The topological polar surface area (TPSA) is 71.5 Å². The summed E-state index contributed by atoms with van der Waals surface area (Å²) in [5.74, 6) is -0.737. The van der Waals surface area contributed by atoms with Crippen molar-refractivity contribution < 1.29 is 27.8 Å². The van der Waals surface area contributed by atoms with Crippen molar-refractivity contribution in [2.75, 3.05) is 5.32 Å². The minimum Gasteiger partial charge on any atom is -0.508 e.